The SMILES string of the molecule is CC(NC(=O)c1ccco1)C(=O)NCCNC(=O)c1ccccc1. The number of carbonyl (C=O) groups excluding carboxylic acids is 3. The zero-order valence-corrected chi connectivity index (χ0v) is 13.2. The molecule has 0 bridgehead atoms. The predicted octanol–water partition coefficient (Wildman–Crippen LogP) is 0.944. The Morgan fingerprint density at radius 2 is 1.67 bits per heavy atom. The van der Waals surface area contributed by atoms with Gasteiger partial charge in [-0.1, -0.05) is 18.2 Å². The molecule has 3 N–H and O–H groups in total. The number of nitrogens with one attached hydrogen (secondary N) is 3. The number of benzene rings is 1. The van der Waals surface area contributed by atoms with Crippen LogP contribution in [-0.2, 0) is 4.79 Å². The molecule has 1 heterocycles. The fourth-order valence-electron chi connectivity index (χ4n) is 1.95. The van der Waals surface area contributed by atoms with Gasteiger partial charge in [-0.05, 0) is 31.2 Å². The lowest BCUT2D eigenvalue weighted by Gasteiger charge is -2.13. The van der Waals surface area contributed by atoms with Crippen molar-refractivity contribution in [3.05, 3.63) is 60.1 Å². The molecule has 3 amide bonds. The summed E-state index contributed by atoms with van der Waals surface area (Å²) in [6, 6.07) is 11.2. The second-order valence-electron chi connectivity index (χ2n) is 5.09. The lowest BCUT2D eigenvalue weighted by atomic mass is 10.2. The minimum absolute atomic E-state index is 0.143. The third-order valence-corrected chi connectivity index (χ3v) is 3.23. The van der Waals surface area contributed by atoms with Crippen LogP contribution in [0.25, 0.3) is 0 Å². The quantitative estimate of drug-likeness (QED) is 0.658. The first-order chi connectivity index (χ1) is 11.6. The van der Waals surface area contributed by atoms with E-state index in [4.69, 9.17) is 4.42 Å². The summed E-state index contributed by atoms with van der Waals surface area (Å²) in [6.45, 7) is 2.12. The van der Waals surface area contributed by atoms with Crippen molar-refractivity contribution in [3.8, 4) is 0 Å². The normalized spacial score (nSPS) is 11.4. The Morgan fingerprint density at radius 1 is 0.958 bits per heavy atom. The Bertz CT molecular complexity index is 683. The van der Waals surface area contributed by atoms with Gasteiger partial charge in [0.25, 0.3) is 11.8 Å². The topological polar surface area (TPSA) is 100 Å². The smallest absolute Gasteiger partial charge is 0.287 e. The Balaban J connectivity index is 1.67. The highest BCUT2D eigenvalue weighted by molar-refractivity contribution is 5.95. The summed E-state index contributed by atoms with van der Waals surface area (Å²) in [7, 11) is 0. The van der Waals surface area contributed by atoms with Gasteiger partial charge in [0.1, 0.15) is 6.04 Å². The monoisotopic (exact) mass is 329 g/mol. The average Bonchev–Trinajstić information content (AvgIpc) is 3.13. The Kier molecular flexibility index (Phi) is 6.13. The van der Waals surface area contributed by atoms with Crippen molar-refractivity contribution in [1.29, 1.82) is 0 Å². The lowest BCUT2D eigenvalue weighted by Crippen LogP contribution is -2.46. The first-order valence-electron chi connectivity index (χ1n) is 7.53. The van der Waals surface area contributed by atoms with Gasteiger partial charge in [0.2, 0.25) is 5.91 Å². The van der Waals surface area contributed by atoms with E-state index in [9.17, 15) is 14.4 Å². The van der Waals surface area contributed by atoms with Gasteiger partial charge in [-0.25, -0.2) is 0 Å². The van der Waals surface area contributed by atoms with Crippen LogP contribution in [0.15, 0.2) is 53.1 Å². The maximum absolute atomic E-state index is 11.9. The van der Waals surface area contributed by atoms with Crippen molar-refractivity contribution in [1.82, 2.24) is 16.0 Å². The van der Waals surface area contributed by atoms with E-state index in [1.54, 1.807) is 37.3 Å². The summed E-state index contributed by atoms with van der Waals surface area (Å²) in [5, 5.41) is 7.87. The van der Waals surface area contributed by atoms with Gasteiger partial charge in [-0.3, -0.25) is 14.4 Å². The van der Waals surface area contributed by atoms with Gasteiger partial charge in [0, 0.05) is 18.7 Å². The van der Waals surface area contributed by atoms with Crippen LogP contribution in [0.1, 0.15) is 27.8 Å². The van der Waals surface area contributed by atoms with Crippen LogP contribution in [0, 0.1) is 0 Å². The first-order valence-corrected chi connectivity index (χ1v) is 7.53. The molecule has 1 aromatic heterocycles. The number of carbonyl (C=O) groups is 3. The molecular weight excluding hydrogens is 310 g/mol. The zero-order chi connectivity index (χ0) is 17.4. The Morgan fingerprint density at radius 3 is 2.33 bits per heavy atom. The summed E-state index contributed by atoms with van der Waals surface area (Å²) in [5.74, 6) is -0.863. The van der Waals surface area contributed by atoms with Crippen LogP contribution < -0.4 is 16.0 Å². The summed E-state index contributed by atoms with van der Waals surface area (Å²) in [5.41, 5.74) is 0.558. The van der Waals surface area contributed by atoms with Gasteiger partial charge in [0.05, 0.1) is 6.26 Å². The molecule has 0 saturated carbocycles. The fraction of sp³-hybridized carbons (Fsp3) is 0.235. The summed E-state index contributed by atoms with van der Waals surface area (Å²) in [4.78, 5) is 35.5. The molecule has 126 valence electrons. The summed E-state index contributed by atoms with van der Waals surface area (Å²) < 4.78 is 4.95. The third kappa shape index (κ3) is 4.98. The third-order valence-electron chi connectivity index (χ3n) is 3.23. The molecule has 0 radical (unpaired) electrons. The molecule has 0 spiro atoms. The maximum Gasteiger partial charge on any atom is 0.287 e. The average molecular weight is 329 g/mol. The fourth-order valence-corrected chi connectivity index (χ4v) is 1.95. The van der Waals surface area contributed by atoms with E-state index in [0.717, 1.165) is 0 Å². The van der Waals surface area contributed by atoms with Crippen molar-refractivity contribution >= 4 is 17.7 Å². The number of hydrogen-bond acceptors (Lipinski definition) is 4. The molecule has 0 aliphatic heterocycles. The number of hydrogen-bond donors (Lipinski definition) is 3. The second-order valence-corrected chi connectivity index (χ2v) is 5.09. The first kappa shape index (κ1) is 17.3. The van der Waals surface area contributed by atoms with Crippen LogP contribution >= 0.6 is 0 Å². The molecule has 24 heavy (non-hydrogen) atoms. The molecule has 2 aromatic rings. The minimum atomic E-state index is -0.715. The molecular formula is C17H19N3O4. The molecule has 0 aliphatic rings. The molecule has 7 nitrogen and oxygen atoms in total. The van der Waals surface area contributed by atoms with Crippen molar-refractivity contribution in [2.24, 2.45) is 0 Å². The van der Waals surface area contributed by atoms with Crippen LogP contribution in [0.5, 0.6) is 0 Å². The van der Waals surface area contributed by atoms with Gasteiger partial charge in [0.15, 0.2) is 5.76 Å². The van der Waals surface area contributed by atoms with E-state index in [1.807, 2.05) is 6.07 Å². The molecule has 0 saturated heterocycles. The van der Waals surface area contributed by atoms with Gasteiger partial charge in [-0.15, -0.1) is 0 Å². The number of rotatable bonds is 7. The number of furan rings is 1. The molecule has 7 heteroatoms. The van der Waals surface area contributed by atoms with Crippen molar-refractivity contribution < 1.29 is 18.8 Å². The van der Waals surface area contributed by atoms with E-state index in [1.165, 1.54) is 12.3 Å². The minimum Gasteiger partial charge on any atom is -0.459 e. The summed E-state index contributed by atoms with van der Waals surface area (Å²) >= 11 is 0. The van der Waals surface area contributed by atoms with E-state index in [0.29, 0.717) is 5.56 Å². The second kappa shape index (κ2) is 8.52. The van der Waals surface area contributed by atoms with E-state index < -0.39 is 11.9 Å². The van der Waals surface area contributed by atoms with Crippen LogP contribution in [0.2, 0.25) is 0 Å². The van der Waals surface area contributed by atoms with Gasteiger partial charge >= 0.3 is 0 Å². The predicted molar refractivity (Wildman–Crippen MR) is 87.4 cm³/mol. The Labute approximate surface area is 139 Å². The zero-order valence-electron chi connectivity index (χ0n) is 13.2. The molecule has 1 aromatic carbocycles. The highest BCUT2D eigenvalue weighted by atomic mass is 16.3. The largest absolute Gasteiger partial charge is 0.459 e. The van der Waals surface area contributed by atoms with Crippen molar-refractivity contribution in [2.75, 3.05) is 13.1 Å². The van der Waals surface area contributed by atoms with Gasteiger partial charge < -0.3 is 20.4 Å². The highest BCUT2D eigenvalue weighted by Crippen LogP contribution is 2.00. The van der Waals surface area contributed by atoms with Crippen molar-refractivity contribution in [2.45, 2.75) is 13.0 Å². The van der Waals surface area contributed by atoms with Gasteiger partial charge in [-0.2, -0.15) is 0 Å². The number of amides is 3. The van der Waals surface area contributed by atoms with Crippen LogP contribution in [-0.4, -0.2) is 36.9 Å². The molecule has 1 unspecified atom stereocenters. The van der Waals surface area contributed by atoms with Crippen molar-refractivity contribution in [3.63, 3.8) is 0 Å². The summed E-state index contributed by atoms with van der Waals surface area (Å²) in [6.07, 6.45) is 1.38. The molecule has 0 fully saturated rings. The Hall–Kier alpha value is -3.09. The molecule has 2 rings (SSSR count). The highest BCUT2D eigenvalue weighted by Gasteiger charge is 2.17. The maximum atomic E-state index is 11.9. The molecule has 0 aliphatic carbocycles. The lowest BCUT2D eigenvalue weighted by molar-refractivity contribution is -0.122. The van der Waals surface area contributed by atoms with E-state index in [2.05, 4.69) is 16.0 Å². The van der Waals surface area contributed by atoms with Crippen LogP contribution in [0.4, 0.5) is 0 Å². The van der Waals surface area contributed by atoms with E-state index >= 15 is 0 Å². The van der Waals surface area contributed by atoms with Crippen LogP contribution in [0.3, 0.4) is 0 Å². The van der Waals surface area contributed by atoms with E-state index in [-0.39, 0.29) is 30.7 Å². The standard InChI is InChI=1S/C17H19N3O4/c1-12(20-17(23)14-8-5-11-24-14)15(21)18-9-10-19-16(22)13-6-3-2-4-7-13/h2-8,11-12H,9-10H2,1H3,(H,18,21)(H,19,22)(H,20,23). The molecule has 1 atom stereocenters.